The molecule has 0 saturated heterocycles. The van der Waals surface area contributed by atoms with Gasteiger partial charge in [0, 0.05) is 9.86 Å². The molecule has 1 heterocycles. The van der Waals surface area contributed by atoms with Gasteiger partial charge in [-0.1, -0.05) is 34.1 Å². The van der Waals surface area contributed by atoms with Gasteiger partial charge < -0.3 is 4.42 Å². The van der Waals surface area contributed by atoms with Gasteiger partial charge in [-0.25, -0.2) is 9.82 Å². The predicted octanol–water partition coefficient (Wildman–Crippen LogP) is 4.20. The third kappa shape index (κ3) is 2.72. The molecular formula is C16H14BrFN2O. The lowest BCUT2D eigenvalue weighted by Gasteiger charge is -2.15. The summed E-state index contributed by atoms with van der Waals surface area (Å²) < 4.78 is 20.4. The fourth-order valence-corrected chi connectivity index (χ4v) is 3.09. The third-order valence-electron chi connectivity index (χ3n) is 3.36. The number of nitrogens with two attached hydrogens (primary N) is 1. The van der Waals surface area contributed by atoms with Gasteiger partial charge in [0.2, 0.25) is 0 Å². The number of hydrogen-bond acceptors (Lipinski definition) is 3. The Morgan fingerprint density at radius 3 is 2.71 bits per heavy atom. The number of aryl methyl sites for hydroxylation is 1. The summed E-state index contributed by atoms with van der Waals surface area (Å²) in [4.78, 5) is 0. The van der Waals surface area contributed by atoms with Crippen molar-refractivity contribution in [2.45, 2.75) is 13.0 Å². The molecule has 0 aliphatic carbocycles. The molecule has 0 spiro atoms. The average Bonchev–Trinajstić information content (AvgIpc) is 2.83. The van der Waals surface area contributed by atoms with Gasteiger partial charge in [0.1, 0.15) is 11.8 Å². The fraction of sp³-hybridized carbons (Fsp3) is 0.125. The second-order valence-corrected chi connectivity index (χ2v) is 5.88. The van der Waals surface area contributed by atoms with Crippen molar-refractivity contribution in [3.63, 3.8) is 0 Å². The van der Waals surface area contributed by atoms with Crippen LogP contribution in [-0.2, 0) is 0 Å². The van der Waals surface area contributed by atoms with Crippen LogP contribution in [0.15, 0.2) is 51.4 Å². The van der Waals surface area contributed by atoms with Gasteiger partial charge in [-0.2, -0.15) is 0 Å². The summed E-state index contributed by atoms with van der Waals surface area (Å²) in [5.74, 6) is 5.88. The minimum absolute atomic E-state index is 0.250. The zero-order valence-corrected chi connectivity index (χ0v) is 12.9. The molecule has 21 heavy (non-hydrogen) atoms. The second-order valence-electron chi connectivity index (χ2n) is 4.97. The third-order valence-corrected chi connectivity index (χ3v) is 3.82. The van der Waals surface area contributed by atoms with Crippen LogP contribution in [0.1, 0.15) is 22.9 Å². The Bertz CT molecular complexity index is 780. The summed E-state index contributed by atoms with van der Waals surface area (Å²) in [5.41, 5.74) is 5.03. The van der Waals surface area contributed by atoms with E-state index in [2.05, 4.69) is 21.4 Å². The first-order chi connectivity index (χ1) is 10.1. The highest BCUT2D eigenvalue weighted by molar-refractivity contribution is 9.10. The number of halogens is 2. The number of nitrogens with one attached hydrogen (secondary N) is 1. The molecular weight excluding hydrogens is 335 g/mol. The van der Waals surface area contributed by atoms with Crippen LogP contribution in [0, 0.1) is 12.7 Å². The Labute approximate surface area is 130 Å². The van der Waals surface area contributed by atoms with Crippen LogP contribution in [0.3, 0.4) is 0 Å². The quantitative estimate of drug-likeness (QED) is 0.551. The topological polar surface area (TPSA) is 51.2 Å². The molecule has 3 rings (SSSR count). The van der Waals surface area contributed by atoms with Crippen molar-refractivity contribution in [2.24, 2.45) is 5.84 Å². The summed E-state index contributed by atoms with van der Waals surface area (Å²) in [6, 6.07) is 12.3. The van der Waals surface area contributed by atoms with Crippen molar-refractivity contribution in [3.05, 3.63) is 69.6 Å². The fourth-order valence-electron chi connectivity index (χ4n) is 2.46. The molecule has 0 bridgehead atoms. The Morgan fingerprint density at radius 2 is 2.05 bits per heavy atom. The summed E-state index contributed by atoms with van der Waals surface area (Å²) in [5, 5.41) is 0.719. The monoisotopic (exact) mass is 348 g/mol. The molecule has 1 aromatic heterocycles. The zero-order chi connectivity index (χ0) is 15.0. The Kier molecular flexibility index (Phi) is 3.80. The molecule has 1 atom stereocenters. The Hall–Kier alpha value is -1.69. The van der Waals surface area contributed by atoms with Crippen molar-refractivity contribution in [1.29, 1.82) is 0 Å². The van der Waals surface area contributed by atoms with Gasteiger partial charge in [-0.3, -0.25) is 5.84 Å². The van der Waals surface area contributed by atoms with Crippen molar-refractivity contribution >= 4 is 26.9 Å². The van der Waals surface area contributed by atoms with Crippen LogP contribution in [0.25, 0.3) is 11.0 Å². The molecule has 3 nitrogen and oxygen atoms in total. The van der Waals surface area contributed by atoms with Gasteiger partial charge in [-0.15, -0.1) is 0 Å². The lowest BCUT2D eigenvalue weighted by Crippen LogP contribution is -2.28. The molecule has 0 fully saturated rings. The van der Waals surface area contributed by atoms with Gasteiger partial charge in [0.15, 0.2) is 11.4 Å². The maximum Gasteiger partial charge on any atom is 0.169 e. The van der Waals surface area contributed by atoms with E-state index in [1.165, 1.54) is 6.07 Å². The summed E-state index contributed by atoms with van der Waals surface area (Å²) in [6.45, 7) is 2.00. The normalized spacial score (nSPS) is 12.8. The molecule has 1 unspecified atom stereocenters. The van der Waals surface area contributed by atoms with Crippen LogP contribution in [0.2, 0.25) is 0 Å². The van der Waals surface area contributed by atoms with Crippen LogP contribution >= 0.6 is 15.9 Å². The smallest absolute Gasteiger partial charge is 0.169 e. The highest BCUT2D eigenvalue weighted by atomic mass is 79.9. The van der Waals surface area contributed by atoms with E-state index >= 15 is 0 Å². The highest BCUT2D eigenvalue weighted by Crippen LogP contribution is 2.30. The van der Waals surface area contributed by atoms with E-state index in [1.54, 1.807) is 12.1 Å². The minimum atomic E-state index is -0.375. The van der Waals surface area contributed by atoms with Crippen molar-refractivity contribution in [1.82, 2.24) is 5.43 Å². The van der Waals surface area contributed by atoms with E-state index in [0.29, 0.717) is 5.76 Å². The molecule has 0 amide bonds. The first kappa shape index (κ1) is 14.3. The van der Waals surface area contributed by atoms with E-state index in [4.69, 9.17) is 10.3 Å². The zero-order valence-electron chi connectivity index (χ0n) is 11.4. The van der Waals surface area contributed by atoms with E-state index in [-0.39, 0.29) is 17.4 Å². The van der Waals surface area contributed by atoms with Crippen LogP contribution in [0.5, 0.6) is 0 Å². The highest BCUT2D eigenvalue weighted by Gasteiger charge is 2.19. The molecule has 5 heteroatoms. The van der Waals surface area contributed by atoms with Gasteiger partial charge in [0.05, 0.1) is 0 Å². The van der Waals surface area contributed by atoms with E-state index in [9.17, 15) is 4.39 Å². The summed E-state index contributed by atoms with van der Waals surface area (Å²) in [7, 11) is 0. The SMILES string of the molecule is Cc1cc(Br)cc(C(NN)c2cc3cccc(F)c3o2)c1. The number of benzene rings is 2. The number of furan rings is 1. The molecule has 0 radical (unpaired) electrons. The van der Waals surface area contributed by atoms with Gasteiger partial charge >= 0.3 is 0 Å². The summed E-state index contributed by atoms with van der Waals surface area (Å²) in [6.07, 6.45) is 0. The molecule has 0 saturated carbocycles. The van der Waals surface area contributed by atoms with E-state index in [0.717, 1.165) is 21.0 Å². The van der Waals surface area contributed by atoms with Crippen LogP contribution < -0.4 is 11.3 Å². The largest absolute Gasteiger partial charge is 0.456 e. The Balaban J connectivity index is 2.11. The number of fused-ring (bicyclic) bond motifs is 1. The molecule has 0 aliphatic rings. The number of hydrogen-bond donors (Lipinski definition) is 2. The average molecular weight is 349 g/mol. The van der Waals surface area contributed by atoms with E-state index < -0.39 is 0 Å². The first-order valence-corrected chi connectivity index (χ1v) is 7.29. The predicted molar refractivity (Wildman–Crippen MR) is 84.2 cm³/mol. The lowest BCUT2D eigenvalue weighted by molar-refractivity contribution is 0.465. The molecule has 2 aromatic carbocycles. The van der Waals surface area contributed by atoms with Crippen molar-refractivity contribution in [3.8, 4) is 0 Å². The summed E-state index contributed by atoms with van der Waals surface area (Å²) >= 11 is 3.47. The first-order valence-electron chi connectivity index (χ1n) is 6.49. The maximum atomic E-state index is 13.7. The van der Waals surface area contributed by atoms with Crippen molar-refractivity contribution < 1.29 is 8.81 Å². The Morgan fingerprint density at radius 1 is 1.24 bits per heavy atom. The molecule has 3 aromatic rings. The number of rotatable bonds is 3. The molecule has 108 valence electrons. The maximum absolute atomic E-state index is 13.7. The minimum Gasteiger partial charge on any atom is -0.456 e. The standard InChI is InChI=1S/C16H14BrFN2O/c1-9-5-11(7-12(17)6-9)15(20-19)14-8-10-3-2-4-13(18)16(10)21-14/h2-8,15,20H,19H2,1H3. The second kappa shape index (κ2) is 5.60. The van der Waals surface area contributed by atoms with Gasteiger partial charge in [-0.05, 0) is 42.3 Å². The molecule has 3 N–H and O–H groups in total. The number of hydrazine groups is 1. The van der Waals surface area contributed by atoms with E-state index in [1.807, 2.05) is 31.2 Å². The van der Waals surface area contributed by atoms with Gasteiger partial charge in [0.25, 0.3) is 0 Å². The number of para-hydroxylation sites is 1. The lowest BCUT2D eigenvalue weighted by atomic mass is 10.0. The molecule has 0 aliphatic heterocycles. The van der Waals surface area contributed by atoms with Crippen LogP contribution in [0.4, 0.5) is 4.39 Å². The van der Waals surface area contributed by atoms with Crippen LogP contribution in [-0.4, -0.2) is 0 Å². The van der Waals surface area contributed by atoms with Crippen molar-refractivity contribution in [2.75, 3.05) is 0 Å².